The van der Waals surface area contributed by atoms with Gasteiger partial charge in [-0.1, -0.05) is 23.7 Å². The van der Waals surface area contributed by atoms with Gasteiger partial charge in [0.1, 0.15) is 5.75 Å². The molecule has 0 amide bonds. The van der Waals surface area contributed by atoms with Gasteiger partial charge in [-0.05, 0) is 82.0 Å². The highest BCUT2D eigenvalue weighted by Crippen LogP contribution is 2.42. The molecule has 3 aromatic carbocycles. The van der Waals surface area contributed by atoms with Gasteiger partial charge < -0.3 is 9.72 Å². The van der Waals surface area contributed by atoms with E-state index in [0.29, 0.717) is 17.2 Å². The van der Waals surface area contributed by atoms with Crippen LogP contribution in [-0.4, -0.2) is 4.98 Å². The van der Waals surface area contributed by atoms with Crippen LogP contribution in [0, 0.1) is 6.07 Å². The molecule has 1 aromatic heterocycles. The van der Waals surface area contributed by atoms with Gasteiger partial charge in [0.05, 0.1) is 10.0 Å². The van der Waals surface area contributed by atoms with Gasteiger partial charge in [-0.3, -0.25) is 0 Å². The average Bonchev–Trinajstić information content (AvgIpc) is 3.06. The monoisotopic (exact) mass is 478 g/mol. The van der Waals surface area contributed by atoms with Crippen LogP contribution in [0.1, 0.15) is 16.7 Å². The third kappa shape index (κ3) is 4.28. The summed E-state index contributed by atoms with van der Waals surface area (Å²) in [4.78, 5) is 3.18. The van der Waals surface area contributed by atoms with E-state index < -0.39 is 11.7 Å². The molecule has 1 radical (unpaired) electrons. The fourth-order valence-electron chi connectivity index (χ4n) is 3.08. The zero-order chi connectivity index (χ0) is 20.6. The van der Waals surface area contributed by atoms with Crippen molar-refractivity contribution in [3.63, 3.8) is 0 Å². The summed E-state index contributed by atoms with van der Waals surface area (Å²) in [6.45, 7) is 0. The van der Waals surface area contributed by atoms with Crippen molar-refractivity contribution in [2.24, 2.45) is 0 Å². The van der Waals surface area contributed by atoms with Crippen molar-refractivity contribution in [2.75, 3.05) is 0 Å². The number of fused-ring (bicyclic) bond motifs is 1. The predicted molar refractivity (Wildman–Crippen MR) is 111 cm³/mol. The molecule has 0 saturated carbocycles. The fraction of sp³-hybridized carbons (Fsp3) is 0.0909. The predicted octanol–water partition coefficient (Wildman–Crippen LogP) is 7.79. The molecule has 0 fully saturated rings. The molecule has 0 atom stereocenters. The molecule has 7 heteroatoms. The van der Waals surface area contributed by atoms with Crippen molar-refractivity contribution in [3.8, 4) is 11.5 Å². The SMILES string of the molecule is FC(F)(F)c1c[c]cc(Br)c1Oc1ccc2[nH]cc(Cc3ccc(Cl)cc3)c2c1. The van der Waals surface area contributed by atoms with Crippen LogP contribution in [-0.2, 0) is 12.6 Å². The molecule has 1 N–H and O–H groups in total. The Hall–Kier alpha value is -2.44. The average molecular weight is 480 g/mol. The highest BCUT2D eigenvalue weighted by Gasteiger charge is 2.35. The van der Waals surface area contributed by atoms with Gasteiger partial charge in [0.15, 0.2) is 5.75 Å². The number of hydrogen-bond donors (Lipinski definition) is 1. The summed E-state index contributed by atoms with van der Waals surface area (Å²) in [5.41, 5.74) is 2.06. The van der Waals surface area contributed by atoms with Crippen molar-refractivity contribution in [1.82, 2.24) is 4.98 Å². The Kier molecular flexibility index (Phi) is 5.32. The molecule has 0 aliphatic rings. The molecule has 0 unspecified atom stereocenters. The van der Waals surface area contributed by atoms with Crippen molar-refractivity contribution in [1.29, 1.82) is 0 Å². The third-order valence-corrected chi connectivity index (χ3v) is 5.31. The molecule has 0 saturated heterocycles. The normalized spacial score (nSPS) is 11.8. The lowest BCUT2D eigenvalue weighted by Crippen LogP contribution is -2.07. The van der Waals surface area contributed by atoms with Gasteiger partial charge in [0.25, 0.3) is 0 Å². The van der Waals surface area contributed by atoms with E-state index in [1.165, 1.54) is 6.07 Å². The number of hydrogen-bond acceptors (Lipinski definition) is 1. The summed E-state index contributed by atoms with van der Waals surface area (Å²) in [6, 6.07) is 17.4. The summed E-state index contributed by atoms with van der Waals surface area (Å²) < 4.78 is 45.8. The number of rotatable bonds is 4. The molecule has 147 valence electrons. The molecular weight excluding hydrogens is 467 g/mol. The van der Waals surface area contributed by atoms with Crippen LogP contribution in [0.25, 0.3) is 10.9 Å². The van der Waals surface area contributed by atoms with E-state index >= 15 is 0 Å². The summed E-state index contributed by atoms with van der Waals surface area (Å²) in [5, 5.41) is 1.54. The Bertz CT molecular complexity index is 1170. The lowest BCUT2D eigenvalue weighted by Gasteiger charge is -2.15. The highest BCUT2D eigenvalue weighted by molar-refractivity contribution is 9.10. The molecule has 0 spiro atoms. The molecule has 1 heterocycles. The molecule has 2 nitrogen and oxygen atoms in total. The Balaban J connectivity index is 1.69. The summed E-state index contributed by atoms with van der Waals surface area (Å²) in [6.07, 6.45) is -2.01. The topological polar surface area (TPSA) is 25.0 Å². The van der Waals surface area contributed by atoms with Crippen LogP contribution in [0.15, 0.2) is 65.3 Å². The minimum atomic E-state index is -4.55. The van der Waals surface area contributed by atoms with E-state index in [9.17, 15) is 13.2 Å². The Labute approximate surface area is 178 Å². The minimum absolute atomic E-state index is 0.183. The number of ether oxygens (including phenoxy) is 1. The van der Waals surface area contributed by atoms with Gasteiger partial charge >= 0.3 is 6.18 Å². The highest BCUT2D eigenvalue weighted by atomic mass is 79.9. The lowest BCUT2D eigenvalue weighted by atomic mass is 10.0. The first-order valence-electron chi connectivity index (χ1n) is 8.60. The maximum Gasteiger partial charge on any atom is 0.420 e. The first-order chi connectivity index (χ1) is 13.8. The van der Waals surface area contributed by atoms with Gasteiger partial charge in [-0.15, -0.1) is 0 Å². The van der Waals surface area contributed by atoms with Crippen molar-refractivity contribution < 1.29 is 17.9 Å². The minimum Gasteiger partial charge on any atom is -0.456 e. The lowest BCUT2D eigenvalue weighted by molar-refractivity contribution is -0.138. The first kappa shape index (κ1) is 19.9. The van der Waals surface area contributed by atoms with Crippen LogP contribution >= 0.6 is 27.5 Å². The van der Waals surface area contributed by atoms with Crippen molar-refractivity contribution in [2.45, 2.75) is 12.6 Å². The number of H-pyrrole nitrogens is 1. The number of alkyl halides is 3. The van der Waals surface area contributed by atoms with Crippen molar-refractivity contribution >= 4 is 38.4 Å². The maximum absolute atomic E-state index is 13.3. The largest absolute Gasteiger partial charge is 0.456 e. The molecule has 4 aromatic rings. The molecule has 0 aliphatic heterocycles. The second-order valence-corrected chi connectivity index (χ2v) is 7.76. The van der Waals surface area contributed by atoms with Crippen molar-refractivity contribution in [3.05, 3.63) is 93.0 Å². The number of halogens is 5. The number of benzene rings is 3. The van der Waals surface area contributed by atoms with Crippen LogP contribution in [0.3, 0.4) is 0 Å². The Morgan fingerprint density at radius 3 is 2.55 bits per heavy atom. The van der Waals surface area contributed by atoms with Crippen LogP contribution < -0.4 is 4.74 Å². The fourth-order valence-corrected chi connectivity index (χ4v) is 3.63. The van der Waals surface area contributed by atoms with Gasteiger partial charge in [-0.25, -0.2) is 0 Å². The molecule has 0 aliphatic carbocycles. The molecule has 0 bridgehead atoms. The van der Waals surface area contributed by atoms with E-state index in [-0.39, 0.29) is 10.2 Å². The van der Waals surface area contributed by atoms with Crippen LogP contribution in [0.2, 0.25) is 5.02 Å². The Morgan fingerprint density at radius 2 is 1.83 bits per heavy atom. The number of aromatic amines is 1. The van der Waals surface area contributed by atoms with E-state index in [4.69, 9.17) is 16.3 Å². The van der Waals surface area contributed by atoms with Gasteiger partial charge in [-0.2, -0.15) is 13.2 Å². The number of nitrogens with one attached hydrogen (secondary N) is 1. The standard InChI is InChI=1S/C22H13BrClF3NO/c23-19-3-1-2-18(22(25,26)27)21(19)29-16-8-9-20-17(11-16)14(12-28-20)10-13-4-6-15(24)7-5-13/h2-9,11-12,28H,10H2. The zero-order valence-corrected chi connectivity index (χ0v) is 17.1. The first-order valence-corrected chi connectivity index (χ1v) is 9.77. The molecular formula is C22H13BrClF3NO. The third-order valence-electron chi connectivity index (χ3n) is 4.47. The second kappa shape index (κ2) is 7.76. The van der Waals surface area contributed by atoms with E-state index in [2.05, 4.69) is 27.0 Å². The van der Waals surface area contributed by atoms with Gasteiger partial charge in [0.2, 0.25) is 0 Å². The molecule has 4 rings (SSSR count). The number of aromatic nitrogens is 1. The van der Waals surface area contributed by atoms with Gasteiger partial charge in [0, 0.05) is 22.1 Å². The molecule has 29 heavy (non-hydrogen) atoms. The maximum atomic E-state index is 13.3. The van der Waals surface area contributed by atoms with E-state index in [1.807, 2.05) is 30.5 Å². The van der Waals surface area contributed by atoms with E-state index in [0.717, 1.165) is 28.1 Å². The smallest absolute Gasteiger partial charge is 0.420 e. The van der Waals surface area contributed by atoms with Crippen LogP contribution in [0.5, 0.6) is 11.5 Å². The quantitative estimate of drug-likeness (QED) is 0.317. The Morgan fingerprint density at radius 1 is 1.07 bits per heavy atom. The van der Waals surface area contributed by atoms with E-state index in [1.54, 1.807) is 18.2 Å². The summed E-state index contributed by atoms with van der Waals surface area (Å²) in [7, 11) is 0. The summed E-state index contributed by atoms with van der Waals surface area (Å²) >= 11 is 9.07. The zero-order valence-electron chi connectivity index (χ0n) is 14.8. The summed E-state index contributed by atoms with van der Waals surface area (Å²) in [5.74, 6) is 0.0252. The second-order valence-electron chi connectivity index (χ2n) is 6.47. The van der Waals surface area contributed by atoms with Crippen LogP contribution in [0.4, 0.5) is 13.2 Å².